The SMILES string of the molecule is COc1ccc(CCNC(=O)c2cc(N3CCc4ccccc4C3)nc3ccccc23)cc1. The van der Waals surface area contributed by atoms with E-state index in [4.69, 9.17) is 9.72 Å². The van der Waals surface area contributed by atoms with Gasteiger partial charge < -0.3 is 15.0 Å². The number of fused-ring (bicyclic) bond motifs is 2. The van der Waals surface area contributed by atoms with Crippen LogP contribution in [0, 0.1) is 0 Å². The third-order valence-electron chi connectivity index (χ3n) is 6.26. The van der Waals surface area contributed by atoms with Crippen LogP contribution < -0.4 is 15.0 Å². The molecule has 0 unspecified atom stereocenters. The summed E-state index contributed by atoms with van der Waals surface area (Å²) in [7, 11) is 1.66. The Balaban J connectivity index is 1.36. The molecule has 5 nitrogen and oxygen atoms in total. The summed E-state index contributed by atoms with van der Waals surface area (Å²) in [5.41, 5.74) is 5.39. The van der Waals surface area contributed by atoms with Gasteiger partial charge >= 0.3 is 0 Å². The van der Waals surface area contributed by atoms with Crippen LogP contribution in [0.3, 0.4) is 0 Å². The van der Waals surface area contributed by atoms with E-state index in [-0.39, 0.29) is 5.91 Å². The van der Waals surface area contributed by atoms with Crippen LogP contribution in [0.4, 0.5) is 5.82 Å². The van der Waals surface area contributed by atoms with Crippen LogP contribution in [0.25, 0.3) is 10.9 Å². The molecule has 0 spiro atoms. The van der Waals surface area contributed by atoms with Crippen molar-refractivity contribution in [1.29, 1.82) is 0 Å². The van der Waals surface area contributed by atoms with Gasteiger partial charge in [0.15, 0.2) is 0 Å². The molecule has 0 radical (unpaired) electrons. The summed E-state index contributed by atoms with van der Waals surface area (Å²) in [6.45, 7) is 2.26. The zero-order valence-electron chi connectivity index (χ0n) is 18.8. The van der Waals surface area contributed by atoms with Crippen molar-refractivity contribution >= 4 is 22.6 Å². The Labute approximate surface area is 194 Å². The molecule has 33 heavy (non-hydrogen) atoms. The van der Waals surface area contributed by atoms with Crippen LogP contribution in [0.15, 0.2) is 78.9 Å². The number of anilines is 1. The van der Waals surface area contributed by atoms with E-state index in [1.165, 1.54) is 11.1 Å². The molecular weight excluding hydrogens is 410 g/mol. The Kier molecular flexibility index (Phi) is 5.94. The highest BCUT2D eigenvalue weighted by atomic mass is 16.5. The molecule has 5 heteroatoms. The number of para-hydroxylation sites is 1. The van der Waals surface area contributed by atoms with E-state index in [1.54, 1.807) is 7.11 Å². The molecule has 0 bridgehead atoms. The van der Waals surface area contributed by atoms with E-state index in [1.807, 2.05) is 54.6 Å². The Hall–Kier alpha value is -3.86. The Morgan fingerprint density at radius 1 is 1.00 bits per heavy atom. The van der Waals surface area contributed by atoms with Gasteiger partial charge in [-0.3, -0.25) is 4.79 Å². The lowest BCUT2D eigenvalue weighted by molar-refractivity contribution is 0.0955. The second-order valence-corrected chi connectivity index (χ2v) is 8.34. The molecule has 1 amide bonds. The maximum absolute atomic E-state index is 13.2. The maximum atomic E-state index is 13.2. The predicted molar refractivity (Wildman–Crippen MR) is 132 cm³/mol. The lowest BCUT2D eigenvalue weighted by Crippen LogP contribution is -2.32. The predicted octanol–water partition coefficient (Wildman–Crippen LogP) is 4.78. The molecule has 5 rings (SSSR count). The van der Waals surface area contributed by atoms with Gasteiger partial charge in [-0.15, -0.1) is 0 Å². The monoisotopic (exact) mass is 437 g/mol. The minimum atomic E-state index is -0.0687. The lowest BCUT2D eigenvalue weighted by Gasteiger charge is -2.30. The van der Waals surface area contributed by atoms with Gasteiger partial charge in [0, 0.05) is 25.0 Å². The number of carbonyl (C=O) groups excluding carboxylic acids is 1. The number of benzene rings is 3. The van der Waals surface area contributed by atoms with Crippen LogP contribution in [0.1, 0.15) is 27.0 Å². The zero-order valence-corrected chi connectivity index (χ0v) is 18.8. The number of rotatable bonds is 6. The Morgan fingerprint density at radius 3 is 2.58 bits per heavy atom. The Morgan fingerprint density at radius 2 is 1.76 bits per heavy atom. The third-order valence-corrected chi connectivity index (χ3v) is 6.26. The number of nitrogens with zero attached hydrogens (tertiary/aromatic N) is 2. The van der Waals surface area contributed by atoms with Crippen molar-refractivity contribution < 1.29 is 9.53 Å². The number of ether oxygens (including phenoxy) is 1. The van der Waals surface area contributed by atoms with E-state index in [9.17, 15) is 4.79 Å². The van der Waals surface area contributed by atoms with Crippen LogP contribution in [-0.2, 0) is 19.4 Å². The molecule has 0 atom stereocenters. The molecule has 1 aliphatic rings. The summed E-state index contributed by atoms with van der Waals surface area (Å²) in [4.78, 5) is 20.4. The van der Waals surface area contributed by atoms with E-state index in [0.717, 1.165) is 54.0 Å². The molecule has 3 aromatic carbocycles. The average Bonchev–Trinajstić information content (AvgIpc) is 2.88. The fraction of sp³-hybridized carbons (Fsp3) is 0.214. The average molecular weight is 438 g/mol. The maximum Gasteiger partial charge on any atom is 0.252 e. The van der Waals surface area contributed by atoms with Gasteiger partial charge in [-0.1, -0.05) is 54.6 Å². The fourth-order valence-electron chi connectivity index (χ4n) is 4.41. The van der Waals surface area contributed by atoms with Gasteiger partial charge in [0.2, 0.25) is 0 Å². The van der Waals surface area contributed by atoms with Crippen molar-refractivity contribution in [2.45, 2.75) is 19.4 Å². The molecule has 0 saturated carbocycles. The van der Waals surface area contributed by atoms with Gasteiger partial charge in [0.05, 0.1) is 18.2 Å². The van der Waals surface area contributed by atoms with Crippen molar-refractivity contribution in [1.82, 2.24) is 10.3 Å². The standard InChI is InChI=1S/C28H27N3O2/c1-33-23-12-10-20(11-13-23)14-16-29-28(32)25-18-27(30-26-9-5-4-8-24(25)26)31-17-15-21-6-2-3-7-22(21)19-31/h2-13,18H,14-17,19H2,1H3,(H,29,32). The first-order valence-corrected chi connectivity index (χ1v) is 11.3. The number of methoxy groups -OCH3 is 1. The molecular formula is C28H27N3O2. The highest BCUT2D eigenvalue weighted by Gasteiger charge is 2.20. The molecule has 0 aliphatic carbocycles. The number of nitrogens with one attached hydrogen (secondary N) is 1. The van der Waals surface area contributed by atoms with Crippen LogP contribution >= 0.6 is 0 Å². The first-order valence-electron chi connectivity index (χ1n) is 11.3. The van der Waals surface area contributed by atoms with E-state index < -0.39 is 0 Å². The smallest absolute Gasteiger partial charge is 0.252 e. The van der Waals surface area contributed by atoms with Crippen LogP contribution in [0.2, 0.25) is 0 Å². The first kappa shape index (κ1) is 21.0. The largest absolute Gasteiger partial charge is 0.497 e. The zero-order chi connectivity index (χ0) is 22.6. The fourth-order valence-corrected chi connectivity index (χ4v) is 4.41. The number of pyridine rings is 1. The topological polar surface area (TPSA) is 54.5 Å². The summed E-state index contributed by atoms with van der Waals surface area (Å²) >= 11 is 0. The second-order valence-electron chi connectivity index (χ2n) is 8.34. The molecule has 4 aromatic rings. The summed E-state index contributed by atoms with van der Waals surface area (Å²) in [5.74, 6) is 1.61. The minimum Gasteiger partial charge on any atom is -0.497 e. The number of hydrogen-bond donors (Lipinski definition) is 1. The number of amides is 1. The van der Waals surface area contributed by atoms with E-state index in [2.05, 4.69) is 34.5 Å². The number of hydrogen-bond acceptors (Lipinski definition) is 4. The molecule has 0 saturated heterocycles. The normalized spacial score (nSPS) is 12.9. The molecule has 0 fully saturated rings. The van der Waals surface area contributed by atoms with Gasteiger partial charge in [-0.2, -0.15) is 0 Å². The van der Waals surface area contributed by atoms with Crippen molar-refractivity contribution in [3.63, 3.8) is 0 Å². The first-order chi connectivity index (χ1) is 16.2. The summed E-state index contributed by atoms with van der Waals surface area (Å²) < 4.78 is 5.21. The minimum absolute atomic E-state index is 0.0687. The highest BCUT2D eigenvalue weighted by molar-refractivity contribution is 6.07. The van der Waals surface area contributed by atoms with E-state index >= 15 is 0 Å². The second kappa shape index (κ2) is 9.33. The summed E-state index contributed by atoms with van der Waals surface area (Å²) in [6.07, 6.45) is 1.74. The van der Waals surface area contributed by atoms with Crippen molar-refractivity contribution in [2.24, 2.45) is 0 Å². The van der Waals surface area contributed by atoms with Gasteiger partial charge in [-0.05, 0) is 53.8 Å². The third kappa shape index (κ3) is 4.53. The molecule has 1 N–H and O–H groups in total. The van der Waals surface area contributed by atoms with Gasteiger partial charge in [0.25, 0.3) is 5.91 Å². The molecule has 1 aliphatic heterocycles. The van der Waals surface area contributed by atoms with Gasteiger partial charge in [-0.25, -0.2) is 4.98 Å². The van der Waals surface area contributed by atoms with Crippen LogP contribution in [-0.4, -0.2) is 31.1 Å². The quantitative estimate of drug-likeness (QED) is 0.472. The molecule has 166 valence electrons. The molecule has 1 aromatic heterocycles. The van der Waals surface area contributed by atoms with Gasteiger partial charge in [0.1, 0.15) is 11.6 Å². The number of carbonyl (C=O) groups is 1. The van der Waals surface area contributed by atoms with E-state index in [0.29, 0.717) is 12.1 Å². The number of aromatic nitrogens is 1. The van der Waals surface area contributed by atoms with Crippen molar-refractivity contribution in [3.05, 3.63) is 101 Å². The van der Waals surface area contributed by atoms with Crippen molar-refractivity contribution in [3.8, 4) is 5.75 Å². The molecule has 2 heterocycles. The summed E-state index contributed by atoms with van der Waals surface area (Å²) in [5, 5.41) is 3.97. The van der Waals surface area contributed by atoms with Crippen molar-refractivity contribution in [2.75, 3.05) is 25.1 Å². The lowest BCUT2D eigenvalue weighted by atomic mass is 9.99. The Bertz CT molecular complexity index is 1280. The van der Waals surface area contributed by atoms with Crippen LogP contribution in [0.5, 0.6) is 5.75 Å². The highest BCUT2D eigenvalue weighted by Crippen LogP contribution is 2.27. The summed E-state index contributed by atoms with van der Waals surface area (Å²) in [6, 6.07) is 26.3.